The van der Waals surface area contributed by atoms with Crippen LogP contribution in [0.2, 0.25) is 0 Å². The third-order valence-electron chi connectivity index (χ3n) is 8.03. The van der Waals surface area contributed by atoms with Gasteiger partial charge in [0.2, 0.25) is 0 Å². The lowest BCUT2D eigenvalue weighted by Gasteiger charge is -2.49. The van der Waals surface area contributed by atoms with Gasteiger partial charge in [0, 0.05) is 25.7 Å². The van der Waals surface area contributed by atoms with Crippen LogP contribution in [-0.4, -0.2) is 200 Å². The number of hydrogen-bond acceptors (Lipinski definition) is 19. The predicted octanol–water partition coefficient (Wildman–Crippen LogP) is -8.91. The zero-order valence-electron chi connectivity index (χ0n) is 24.4. The van der Waals surface area contributed by atoms with E-state index >= 15 is 0 Å². The molecule has 0 aromatic carbocycles. The molecule has 21 heteroatoms. The molecule has 3 rings (SSSR count). The van der Waals surface area contributed by atoms with Gasteiger partial charge >= 0.3 is 6.03 Å². The first-order valence-electron chi connectivity index (χ1n) is 14.5. The van der Waals surface area contributed by atoms with Gasteiger partial charge in [0.25, 0.3) is 0 Å². The molecule has 0 spiro atoms. The first kappa shape index (κ1) is 38.0. The molecule has 3 aliphatic rings. The second-order valence-corrected chi connectivity index (χ2v) is 11.4. The number of urea groups is 1. The molecule has 0 aromatic heterocycles. The topological polar surface area (TPSA) is 362 Å². The fourth-order valence-corrected chi connectivity index (χ4v) is 5.39. The summed E-state index contributed by atoms with van der Waals surface area (Å²) in [6, 6.07) is -4.67. The van der Waals surface area contributed by atoms with Crippen molar-refractivity contribution in [1.82, 2.24) is 15.7 Å². The van der Waals surface area contributed by atoms with Gasteiger partial charge in [-0.15, -0.1) is 0 Å². The number of nitrogens with two attached hydrogens (primary N) is 3. The van der Waals surface area contributed by atoms with Gasteiger partial charge in [-0.2, -0.15) is 0 Å². The molecule has 2 aliphatic heterocycles. The summed E-state index contributed by atoms with van der Waals surface area (Å²) in [6.07, 6.45) is -20.2. The first-order valence-corrected chi connectivity index (χ1v) is 14.5. The Morgan fingerprint density at radius 3 is 2.13 bits per heavy atom. The van der Waals surface area contributed by atoms with E-state index in [2.05, 4.69) is 10.6 Å². The monoisotopic (exact) mass is 660 g/mol. The molecule has 3 fully saturated rings. The van der Waals surface area contributed by atoms with Crippen molar-refractivity contribution in [2.45, 2.75) is 104 Å². The molecular formula is C24H48N6O15. The average Bonchev–Trinajstić information content (AvgIpc) is 3.01. The van der Waals surface area contributed by atoms with Crippen LogP contribution in [0.1, 0.15) is 6.42 Å². The van der Waals surface area contributed by atoms with E-state index in [9.17, 15) is 50.9 Å². The van der Waals surface area contributed by atoms with Gasteiger partial charge in [-0.1, -0.05) is 0 Å². The van der Waals surface area contributed by atoms with Crippen LogP contribution in [0.15, 0.2) is 0 Å². The fraction of sp³-hybridized carbons (Fsp3) is 0.958. The van der Waals surface area contributed by atoms with Crippen LogP contribution in [0.5, 0.6) is 0 Å². The zero-order chi connectivity index (χ0) is 33.6. The first-order chi connectivity index (χ1) is 21.2. The number of carbonyl (C=O) groups excluding carboxylic acids is 1. The molecule has 2 heterocycles. The van der Waals surface area contributed by atoms with Gasteiger partial charge in [-0.25, -0.2) is 9.86 Å². The average molecular weight is 661 g/mol. The Kier molecular flexibility index (Phi) is 14.4. The summed E-state index contributed by atoms with van der Waals surface area (Å²) in [5.41, 5.74) is 17.6. The standard InChI is InChI=1S/C24H48N6O15/c25-1-2-30(41)24(40)29-10-3-9(26)20(19(39)21(10)45-22-16(36)13(27)14(34)12(7-32)43-22)44-23-18(38)17(37)15(35)11(42-23)5-28-4-8(33)6-31/h8-23,28,31-39,41H,1-7,25-27H2,(H,29,40)/t8?,9-,10+,11+,12+,13-,14+,15+,16+,17-,18+,19-,20+,21-,22+,23+/m0/s1. The maximum atomic E-state index is 12.6. The van der Waals surface area contributed by atoms with Gasteiger partial charge in [0.15, 0.2) is 12.6 Å². The van der Waals surface area contributed by atoms with E-state index < -0.39 is 117 Å². The Morgan fingerprint density at radius 2 is 1.51 bits per heavy atom. The maximum absolute atomic E-state index is 12.6. The van der Waals surface area contributed by atoms with Crippen molar-refractivity contribution in [3.05, 3.63) is 0 Å². The number of carbonyl (C=O) groups is 1. The van der Waals surface area contributed by atoms with E-state index in [0.717, 1.165) is 0 Å². The SMILES string of the molecule is NCCN(O)C(=O)N[C@@H]1C[C@H](N)[C@@H](O[C@H]2O[C@H](CNCC(O)CO)[C@@H](O)[C@H](O)[C@H]2O)[C@H](O)[C@H]1O[C@H]1O[C@H](CO)[C@@H](O)[C@H](N)[C@H]1O. The summed E-state index contributed by atoms with van der Waals surface area (Å²) >= 11 is 0. The van der Waals surface area contributed by atoms with Gasteiger partial charge in [0.05, 0.1) is 37.9 Å². The van der Waals surface area contributed by atoms with Crippen molar-refractivity contribution in [2.75, 3.05) is 39.4 Å². The van der Waals surface area contributed by atoms with E-state index in [1.165, 1.54) is 0 Å². The lowest BCUT2D eigenvalue weighted by molar-refractivity contribution is -0.333. The smallest absolute Gasteiger partial charge is 0.341 e. The molecule has 16 atom stereocenters. The summed E-state index contributed by atoms with van der Waals surface area (Å²) in [4.78, 5) is 12.6. The highest BCUT2D eigenvalue weighted by Crippen LogP contribution is 2.32. The Bertz CT molecular complexity index is 915. The zero-order valence-corrected chi connectivity index (χ0v) is 24.4. The molecule has 21 nitrogen and oxygen atoms in total. The summed E-state index contributed by atoms with van der Waals surface area (Å²) < 4.78 is 22.8. The molecule has 45 heavy (non-hydrogen) atoms. The van der Waals surface area contributed by atoms with E-state index in [1.54, 1.807) is 0 Å². The number of aliphatic hydroxyl groups excluding tert-OH is 9. The number of amides is 2. The number of aliphatic hydroxyl groups is 9. The van der Waals surface area contributed by atoms with Crippen LogP contribution in [0.3, 0.4) is 0 Å². The Balaban J connectivity index is 1.82. The largest absolute Gasteiger partial charge is 0.394 e. The van der Waals surface area contributed by atoms with Crippen LogP contribution in [0.25, 0.3) is 0 Å². The number of hydroxylamine groups is 2. The highest BCUT2D eigenvalue weighted by atomic mass is 16.7. The fourth-order valence-electron chi connectivity index (χ4n) is 5.39. The number of nitrogens with zero attached hydrogens (tertiary/aromatic N) is 1. The molecule has 18 N–H and O–H groups in total. The minimum Gasteiger partial charge on any atom is -0.394 e. The van der Waals surface area contributed by atoms with Crippen molar-refractivity contribution in [3.8, 4) is 0 Å². The number of rotatable bonds is 13. The van der Waals surface area contributed by atoms with Crippen molar-refractivity contribution >= 4 is 6.03 Å². The normalized spacial score (nSPS) is 43.1. The van der Waals surface area contributed by atoms with E-state index in [0.29, 0.717) is 0 Å². The number of nitrogens with one attached hydrogen (secondary N) is 2. The second-order valence-electron chi connectivity index (χ2n) is 11.4. The molecule has 2 amide bonds. The van der Waals surface area contributed by atoms with Crippen LogP contribution in [-0.2, 0) is 18.9 Å². The second kappa shape index (κ2) is 17.1. The Labute approximate surface area is 258 Å². The van der Waals surface area contributed by atoms with Crippen molar-refractivity contribution in [1.29, 1.82) is 0 Å². The summed E-state index contributed by atoms with van der Waals surface area (Å²) in [6.45, 7) is -1.81. The van der Waals surface area contributed by atoms with Crippen molar-refractivity contribution < 1.29 is 74.9 Å². The van der Waals surface area contributed by atoms with Gasteiger partial charge in [-0.3, -0.25) is 5.21 Å². The molecule has 0 radical (unpaired) electrons. The molecule has 0 aromatic rings. The van der Waals surface area contributed by atoms with Crippen LogP contribution in [0, 0.1) is 0 Å². The maximum Gasteiger partial charge on any atom is 0.341 e. The minimum atomic E-state index is -1.83. The third-order valence-corrected chi connectivity index (χ3v) is 8.03. The highest BCUT2D eigenvalue weighted by molar-refractivity contribution is 5.73. The number of hydrogen-bond donors (Lipinski definition) is 15. The van der Waals surface area contributed by atoms with Crippen molar-refractivity contribution in [3.63, 3.8) is 0 Å². The van der Waals surface area contributed by atoms with Gasteiger partial charge < -0.3 is 92.7 Å². The summed E-state index contributed by atoms with van der Waals surface area (Å²) in [5.74, 6) is 0. The van der Waals surface area contributed by atoms with Crippen LogP contribution >= 0.6 is 0 Å². The van der Waals surface area contributed by atoms with E-state index in [-0.39, 0.29) is 37.7 Å². The predicted molar refractivity (Wildman–Crippen MR) is 147 cm³/mol. The Morgan fingerprint density at radius 1 is 0.889 bits per heavy atom. The lowest BCUT2D eigenvalue weighted by atomic mass is 9.83. The Hall–Kier alpha value is -1.45. The van der Waals surface area contributed by atoms with Gasteiger partial charge in [-0.05, 0) is 6.42 Å². The lowest BCUT2D eigenvalue weighted by Crippen LogP contribution is -2.69. The summed E-state index contributed by atoms with van der Waals surface area (Å²) in [7, 11) is 0. The molecule has 264 valence electrons. The molecular weight excluding hydrogens is 612 g/mol. The van der Waals surface area contributed by atoms with E-state index in [1.807, 2.05) is 0 Å². The van der Waals surface area contributed by atoms with Crippen LogP contribution < -0.4 is 27.8 Å². The molecule has 1 saturated carbocycles. The summed E-state index contributed by atoms with van der Waals surface area (Å²) in [5, 5.41) is 107. The third kappa shape index (κ3) is 9.13. The molecule has 1 unspecified atom stereocenters. The molecule has 0 bridgehead atoms. The molecule has 1 aliphatic carbocycles. The number of ether oxygens (including phenoxy) is 4. The quantitative estimate of drug-likeness (QED) is 0.0643. The van der Waals surface area contributed by atoms with E-state index in [4.69, 9.17) is 41.3 Å². The minimum absolute atomic E-state index is 0.0831. The van der Waals surface area contributed by atoms with Gasteiger partial charge in [0.1, 0.15) is 61.0 Å². The molecule has 2 saturated heterocycles. The van der Waals surface area contributed by atoms with Crippen molar-refractivity contribution in [2.24, 2.45) is 17.2 Å². The van der Waals surface area contributed by atoms with Crippen LogP contribution in [0.4, 0.5) is 4.79 Å². The highest BCUT2D eigenvalue weighted by Gasteiger charge is 2.52.